The van der Waals surface area contributed by atoms with Gasteiger partial charge in [0, 0.05) is 10.3 Å². The minimum Gasteiger partial charge on any atom is -0.235 e. The number of halogens is 2. The normalized spacial score (nSPS) is 10.8. The molecule has 0 aliphatic heterocycles. The lowest BCUT2D eigenvalue weighted by Crippen LogP contribution is -1.82. The van der Waals surface area contributed by atoms with E-state index in [1.165, 1.54) is 0 Å². The molecule has 0 aliphatic carbocycles. The van der Waals surface area contributed by atoms with Gasteiger partial charge in [-0.15, -0.1) is 11.8 Å². The average Bonchev–Trinajstić information content (AvgIpc) is 2.19. The van der Waals surface area contributed by atoms with Gasteiger partial charge in [0.15, 0.2) is 0 Å². The van der Waals surface area contributed by atoms with Crippen LogP contribution in [0.25, 0.3) is 10.9 Å². The fraction of sp³-hybridized carbons (Fsp3) is 0.100. The smallest absolute Gasteiger partial charge is 0.129 e. The molecular formula is C10H7Cl2NS. The van der Waals surface area contributed by atoms with E-state index in [9.17, 15) is 0 Å². The van der Waals surface area contributed by atoms with Crippen LogP contribution in [-0.2, 0) is 0 Å². The Bertz CT molecular complexity index is 485. The van der Waals surface area contributed by atoms with Crippen molar-refractivity contribution in [2.45, 2.75) is 4.90 Å². The van der Waals surface area contributed by atoms with Crippen molar-refractivity contribution >= 4 is 45.9 Å². The van der Waals surface area contributed by atoms with Crippen LogP contribution >= 0.6 is 35.0 Å². The highest BCUT2D eigenvalue weighted by molar-refractivity contribution is 7.98. The zero-order valence-corrected chi connectivity index (χ0v) is 9.75. The molecule has 0 saturated carbocycles. The van der Waals surface area contributed by atoms with Gasteiger partial charge in [-0.25, -0.2) is 4.98 Å². The number of aromatic nitrogens is 1. The van der Waals surface area contributed by atoms with E-state index in [2.05, 4.69) is 11.1 Å². The van der Waals surface area contributed by atoms with E-state index in [4.69, 9.17) is 23.2 Å². The maximum absolute atomic E-state index is 6.08. The molecular weight excluding hydrogens is 237 g/mol. The molecule has 72 valence electrons. The van der Waals surface area contributed by atoms with Gasteiger partial charge in [0.2, 0.25) is 0 Å². The van der Waals surface area contributed by atoms with Crippen molar-refractivity contribution in [3.63, 3.8) is 0 Å². The highest BCUT2D eigenvalue weighted by Crippen LogP contribution is 2.28. The predicted molar refractivity (Wildman–Crippen MR) is 63.5 cm³/mol. The van der Waals surface area contributed by atoms with Crippen molar-refractivity contribution in [3.8, 4) is 0 Å². The van der Waals surface area contributed by atoms with Gasteiger partial charge in [-0.3, -0.25) is 0 Å². The topological polar surface area (TPSA) is 12.9 Å². The van der Waals surface area contributed by atoms with Crippen LogP contribution in [0.2, 0.25) is 10.2 Å². The summed E-state index contributed by atoms with van der Waals surface area (Å²) in [6.45, 7) is 0. The molecule has 0 unspecified atom stereocenters. The van der Waals surface area contributed by atoms with E-state index in [0.717, 1.165) is 15.8 Å². The maximum atomic E-state index is 6.08. The van der Waals surface area contributed by atoms with Crippen LogP contribution in [0.15, 0.2) is 29.2 Å². The number of benzene rings is 1. The van der Waals surface area contributed by atoms with Crippen molar-refractivity contribution in [3.05, 3.63) is 34.4 Å². The summed E-state index contributed by atoms with van der Waals surface area (Å²) in [6, 6.07) is 7.65. The summed E-state index contributed by atoms with van der Waals surface area (Å²) in [5, 5.41) is 2.14. The third-order valence-corrected chi connectivity index (χ3v) is 3.13. The summed E-state index contributed by atoms with van der Waals surface area (Å²) in [7, 11) is 0. The highest BCUT2D eigenvalue weighted by Gasteiger charge is 2.03. The summed E-state index contributed by atoms with van der Waals surface area (Å²) in [5.41, 5.74) is 0.761. The van der Waals surface area contributed by atoms with Gasteiger partial charge in [0.1, 0.15) is 5.15 Å². The number of hydrogen-bond acceptors (Lipinski definition) is 2. The van der Waals surface area contributed by atoms with Crippen LogP contribution in [0.5, 0.6) is 0 Å². The summed E-state index contributed by atoms with van der Waals surface area (Å²) in [6.07, 6.45) is 2.01. The lowest BCUT2D eigenvalue weighted by molar-refractivity contribution is 1.39. The van der Waals surface area contributed by atoms with Gasteiger partial charge in [-0.2, -0.15) is 0 Å². The number of pyridine rings is 1. The van der Waals surface area contributed by atoms with Crippen molar-refractivity contribution in [1.29, 1.82) is 0 Å². The standard InChI is InChI=1S/C10H7Cl2NS/c1-14-7-4-6-2-3-9(12)13-10(6)8(11)5-7/h2-5H,1H3. The SMILES string of the molecule is CSc1cc(Cl)c2nc(Cl)ccc2c1. The van der Waals surface area contributed by atoms with E-state index >= 15 is 0 Å². The maximum Gasteiger partial charge on any atom is 0.129 e. The number of fused-ring (bicyclic) bond motifs is 1. The van der Waals surface area contributed by atoms with Crippen molar-refractivity contribution in [2.75, 3.05) is 6.26 Å². The van der Waals surface area contributed by atoms with Gasteiger partial charge in [0.25, 0.3) is 0 Å². The number of thioether (sulfide) groups is 1. The van der Waals surface area contributed by atoms with Crippen LogP contribution in [-0.4, -0.2) is 11.2 Å². The molecule has 2 rings (SSSR count). The number of rotatable bonds is 1. The van der Waals surface area contributed by atoms with Crippen LogP contribution < -0.4 is 0 Å². The lowest BCUT2D eigenvalue weighted by Gasteiger charge is -2.03. The van der Waals surface area contributed by atoms with Gasteiger partial charge >= 0.3 is 0 Å². The third-order valence-electron chi connectivity index (χ3n) is 1.92. The molecule has 2 aromatic rings. The molecule has 1 heterocycles. The summed E-state index contributed by atoms with van der Waals surface area (Å²) < 4.78 is 0. The molecule has 0 amide bonds. The third kappa shape index (κ3) is 1.83. The van der Waals surface area contributed by atoms with Gasteiger partial charge in [-0.1, -0.05) is 23.2 Å². The summed E-state index contributed by atoms with van der Waals surface area (Å²) in [5.74, 6) is 0. The molecule has 0 radical (unpaired) electrons. The first-order chi connectivity index (χ1) is 6.70. The first-order valence-corrected chi connectivity index (χ1v) is 5.98. The molecule has 14 heavy (non-hydrogen) atoms. The largest absolute Gasteiger partial charge is 0.235 e. The number of nitrogens with zero attached hydrogens (tertiary/aromatic N) is 1. The van der Waals surface area contributed by atoms with Crippen molar-refractivity contribution in [2.24, 2.45) is 0 Å². The minimum absolute atomic E-state index is 0.469. The van der Waals surface area contributed by atoms with Gasteiger partial charge in [0.05, 0.1) is 10.5 Å². The summed E-state index contributed by atoms with van der Waals surface area (Å²) >= 11 is 13.5. The van der Waals surface area contributed by atoms with Crippen LogP contribution in [0.1, 0.15) is 0 Å². The molecule has 4 heteroatoms. The second-order valence-corrected chi connectivity index (χ2v) is 4.49. The molecule has 0 saturated heterocycles. The molecule has 0 aliphatic rings. The Hall–Kier alpha value is -0.440. The lowest BCUT2D eigenvalue weighted by atomic mass is 10.2. The zero-order chi connectivity index (χ0) is 10.1. The fourth-order valence-corrected chi connectivity index (χ4v) is 2.22. The fourth-order valence-electron chi connectivity index (χ4n) is 1.26. The Morgan fingerprint density at radius 2 is 2.00 bits per heavy atom. The van der Waals surface area contributed by atoms with E-state index < -0.39 is 0 Å². The second kappa shape index (κ2) is 3.97. The Kier molecular flexibility index (Phi) is 2.86. The molecule has 0 spiro atoms. The Morgan fingerprint density at radius 1 is 1.21 bits per heavy atom. The molecule has 1 nitrogen and oxygen atoms in total. The minimum atomic E-state index is 0.469. The van der Waals surface area contributed by atoms with Gasteiger partial charge in [-0.05, 0) is 30.5 Å². The molecule has 1 aromatic heterocycles. The van der Waals surface area contributed by atoms with Crippen LogP contribution in [0.4, 0.5) is 0 Å². The first kappa shape index (κ1) is 10.1. The van der Waals surface area contributed by atoms with E-state index in [0.29, 0.717) is 10.2 Å². The molecule has 0 bridgehead atoms. The molecule has 1 aromatic carbocycles. The Labute approximate surface area is 96.4 Å². The Balaban J connectivity index is 2.76. The predicted octanol–water partition coefficient (Wildman–Crippen LogP) is 4.26. The number of hydrogen-bond donors (Lipinski definition) is 0. The van der Waals surface area contributed by atoms with E-state index in [-0.39, 0.29) is 0 Å². The van der Waals surface area contributed by atoms with Crippen LogP contribution in [0.3, 0.4) is 0 Å². The van der Waals surface area contributed by atoms with Crippen LogP contribution in [0, 0.1) is 0 Å². The van der Waals surface area contributed by atoms with E-state index in [1.54, 1.807) is 17.8 Å². The first-order valence-electron chi connectivity index (χ1n) is 4.00. The van der Waals surface area contributed by atoms with Crippen molar-refractivity contribution < 1.29 is 0 Å². The highest BCUT2D eigenvalue weighted by atomic mass is 35.5. The second-order valence-electron chi connectivity index (χ2n) is 2.81. The monoisotopic (exact) mass is 243 g/mol. The van der Waals surface area contributed by atoms with E-state index in [1.807, 2.05) is 18.4 Å². The average molecular weight is 244 g/mol. The zero-order valence-electron chi connectivity index (χ0n) is 7.42. The molecule has 0 N–H and O–H groups in total. The quantitative estimate of drug-likeness (QED) is 0.549. The Morgan fingerprint density at radius 3 is 2.71 bits per heavy atom. The van der Waals surface area contributed by atoms with Gasteiger partial charge < -0.3 is 0 Å². The van der Waals surface area contributed by atoms with Crippen molar-refractivity contribution in [1.82, 2.24) is 4.98 Å². The molecule has 0 fully saturated rings. The molecule has 0 atom stereocenters. The summed E-state index contributed by atoms with van der Waals surface area (Å²) in [4.78, 5) is 5.31.